The normalized spacial score (nSPS) is 10.7. The van der Waals surface area contributed by atoms with Gasteiger partial charge >= 0.3 is 0 Å². The fraction of sp³-hybridized carbons (Fsp3) is 1.00. The van der Waals surface area contributed by atoms with E-state index < -0.39 is 0 Å². The fourth-order valence-electron chi connectivity index (χ4n) is 1.06. The third-order valence-corrected chi connectivity index (χ3v) is 2.12. The van der Waals surface area contributed by atoms with Crippen molar-refractivity contribution in [3.63, 3.8) is 0 Å². The van der Waals surface area contributed by atoms with Gasteiger partial charge in [-0.25, -0.2) is 0 Å². The zero-order chi connectivity index (χ0) is 10.5. The molecular formula is C10H22O3S. The summed E-state index contributed by atoms with van der Waals surface area (Å²) in [6.45, 7) is 2.52. The Bertz CT molecular complexity index is 89.4. The number of aliphatic hydroxyl groups excluding tert-OH is 1. The van der Waals surface area contributed by atoms with E-state index in [1.165, 1.54) is 19.3 Å². The molecule has 0 saturated carbocycles. The van der Waals surface area contributed by atoms with Crippen LogP contribution in [0.15, 0.2) is 0 Å². The highest BCUT2D eigenvalue weighted by molar-refractivity contribution is 7.80. The Kier molecular flexibility index (Phi) is 13.4. The molecule has 0 amide bonds. The van der Waals surface area contributed by atoms with Crippen LogP contribution in [0.5, 0.6) is 0 Å². The van der Waals surface area contributed by atoms with Gasteiger partial charge in [0.2, 0.25) is 0 Å². The molecule has 0 aliphatic carbocycles. The second kappa shape index (κ2) is 13.2. The molecule has 0 unspecified atom stereocenters. The Morgan fingerprint density at radius 3 is 2.07 bits per heavy atom. The average Bonchev–Trinajstić information content (AvgIpc) is 2.21. The van der Waals surface area contributed by atoms with Crippen LogP contribution in [0.25, 0.3) is 0 Å². The molecule has 3 nitrogen and oxygen atoms in total. The molecule has 14 heavy (non-hydrogen) atoms. The molecule has 0 heterocycles. The van der Waals surface area contributed by atoms with Crippen molar-refractivity contribution in [3.05, 3.63) is 0 Å². The van der Waals surface area contributed by atoms with Crippen molar-refractivity contribution in [2.24, 2.45) is 0 Å². The Hall–Kier alpha value is 0.230. The summed E-state index contributed by atoms with van der Waals surface area (Å²) in [6, 6.07) is 0. The van der Waals surface area contributed by atoms with Crippen molar-refractivity contribution in [3.8, 4) is 0 Å². The number of hydrogen-bond acceptors (Lipinski definition) is 4. The molecule has 0 atom stereocenters. The van der Waals surface area contributed by atoms with Crippen LogP contribution in [0.2, 0.25) is 0 Å². The van der Waals surface area contributed by atoms with Gasteiger partial charge in [-0.3, -0.25) is 0 Å². The first-order chi connectivity index (χ1) is 6.91. The molecule has 0 radical (unpaired) electrons. The molecule has 0 rings (SSSR count). The van der Waals surface area contributed by atoms with Crippen molar-refractivity contribution in [2.75, 3.05) is 38.8 Å². The van der Waals surface area contributed by atoms with E-state index in [1.54, 1.807) is 0 Å². The summed E-state index contributed by atoms with van der Waals surface area (Å²) in [7, 11) is 0. The maximum absolute atomic E-state index is 8.42. The van der Waals surface area contributed by atoms with E-state index in [0.717, 1.165) is 18.8 Å². The van der Waals surface area contributed by atoms with E-state index in [9.17, 15) is 0 Å². The SMILES string of the molecule is OCCOCCOCCCCCCS. The van der Waals surface area contributed by atoms with Crippen molar-refractivity contribution in [1.29, 1.82) is 0 Å². The van der Waals surface area contributed by atoms with Gasteiger partial charge in [-0.1, -0.05) is 12.8 Å². The first kappa shape index (κ1) is 14.2. The second-order valence-electron chi connectivity index (χ2n) is 3.09. The minimum absolute atomic E-state index is 0.0870. The molecule has 0 spiro atoms. The third kappa shape index (κ3) is 12.2. The molecule has 0 aromatic heterocycles. The van der Waals surface area contributed by atoms with E-state index in [2.05, 4.69) is 12.6 Å². The molecule has 0 fully saturated rings. The van der Waals surface area contributed by atoms with E-state index in [-0.39, 0.29) is 6.61 Å². The topological polar surface area (TPSA) is 38.7 Å². The van der Waals surface area contributed by atoms with Gasteiger partial charge in [0.05, 0.1) is 26.4 Å². The van der Waals surface area contributed by atoms with Crippen LogP contribution < -0.4 is 0 Å². The lowest BCUT2D eigenvalue weighted by atomic mass is 10.2. The smallest absolute Gasteiger partial charge is 0.0701 e. The molecule has 0 aliphatic rings. The summed E-state index contributed by atoms with van der Waals surface area (Å²) in [5, 5.41) is 8.42. The molecular weight excluding hydrogens is 200 g/mol. The van der Waals surface area contributed by atoms with Crippen LogP contribution in [0.4, 0.5) is 0 Å². The van der Waals surface area contributed by atoms with Gasteiger partial charge in [-0.05, 0) is 18.6 Å². The van der Waals surface area contributed by atoms with Crippen molar-refractivity contribution < 1.29 is 14.6 Å². The van der Waals surface area contributed by atoms with Gasteiger partial charge in [0, 0.05) is 6.61 Å². The van der Waals surface area contributed by atoms with Gasteiger partial charge in [0.25, 0.3) is 0 Å². The molecule has 86 valence electrons. The van der Waals surface area contributed by atoms with Gasteiger partial charge in [0.1, 0.15) is 0 Å². The molecule has 1 N–H and O–H groups in total. The number of rotatable bonds is 11. The van der Waals surface area contributed by atoms with Gasteiger partial charge in [-0.15, -0.1) is 0 Å². The summed E-state index contributed by atoms with van der Waals surface area (Å²) in [6.07, 6.45) is 4.78. The Balaban J connectivity index is 2.78. The molecule has 4 heteroatoms. The first-order valence-corrected chi connectivity index (χ1v) is 5.92. The zero-order valence-corrected chi connectivity index (χ0v) is 9.68. The largest absolute Gasteiger partial charge is 0.394 e. The van der Waals surface area contributed by atoms with Crippen LogP contribution in [0.1, 0.15) is 25.7 Å². The molecule has 0 aliphatic heterocycles. The predicted octanol–water partition coefficient (Wildman–Crippen LogP) is 1.50. The summed E-state index contributed by atoms with van der Waals surface area (Å²) in [4.78, 5) is 0. The minimum atomic E-state index is 0.0870. The van der Waals surface area contributed by atoms with Gasteiger partial charge in [-0.2, -0.15) is 12.6 Å². The molecule has 0 saturated heterocycles. The third-order valence-electron chi connectivity index (χ3n) is 1.80. The highest BCUT2D eigenvalue weighted by Crippen LogP contribution is 2.00. The summed E-state index contributed by atoms with van der Waals surface area (Å²) >= 11 is 4.14. The first-order valence-electron chi connectivity index (χ1n) is 5.29. The summed E-state index contributed by atoms with van der Waals surface area (Å²) in [5.41, 5.74) is 0. The lowest BCUT2D eigenvalue weighted by Crippen LogP contribution is -2.07. The Morgan fingerprint density at radius 1 is 0.786 bits per heavy atom. The Morgan fingerprint density at radius 2 is 1.43 bits per heavy atom. The number of unbranched alkanes of at least 4 members (excludes halogenated alkanes) is 3. The van der Waals surface area contributed by atoms with Crippen LogP contribution >= 0.6 is 12.6 Å². The Labute approximate surface area is 92.2 Å². The summed E-state index contributed by atoms with van der Waals surface area (Å²) in [5.74, 6) is 0.982. The number of ether oxygens (including phenoxy) is 2. The van der Waals surface area contributed by atoms with Crippen LogP contribution in [0, 0.1) is 0 Å². The highest BCUT2D eigenvalue weighted by atomic mass is 32.1. The number of hydrogen-bond donors (Lipinski definition) is 2. The summed E-state index contributed by atoms with van der Waals surface area (Å²) < 4.78 is 10.4. The quantitative estimate of drug-likeness (QED) is 0.411. The van der Waals surface area contributed by atoms with Crippen LogP contribution in [-0.2, 0) is 9.47 Å². The van der Waals surface area contributed by atoms with Crippen molar-refractivity contribution in [1.82, 2.24) is 0 Å². The van der Waals surface area contributed by atoms with E-state index >= 15 is 0 Å². The second-order valence-corrected chi connectivity index (χ2v) is 3.53. The fourth-order valence-corrected chi connectivity index (χ4v) is 1.28. The van der Waals surface area contributed by atoms with E-state index in [0.29, 0.717) is 19.8 Å². The lowest BCUT2D eigenvalue weighted by Gasteiger charge is -2.04. The van der Waals surface area contributed by atoms with Crippen LogP contribution in [-0.4, -0.2) is 43.9 Å². The minimum Gasteiger partial charge on any atom is -0.394 e. The molecule has 0 bridgehead atoms. The van der Waals surface area contributed by atoms with Gasteiger partial charge in [0.15, 0.2) is 0 Å². The van der Waals surface area contributed by atoms with Gasteiger partial charge < -0.3 is 14.6 Å². The number of aliphatic hydroxyl groups is 1. The lowest BCUT2D eigenvalue weighted by molar-refractivity contribution is 0.0321. The number of thiol groups is 1. The van der Waals surface area contributed by atoms with Crippen molar-refractivity contribution in [2.45, 2.75) is 25.7 Å². The molecule has 0 aromatic carbocycles. The monoisotopic (exact) mass is 222 g/mol. The maximum Gasteiger partial charge on any atom is 0.0701 e. The van der Waals surface area contributed by atoms with Crippen molar-refractivity contribution >= 4 is 12.6 Å². The van der Waals surface area contributed by atoms with E-state index in [1.807, 2.05) is 0 Å². The van der Waals surface area contributed by atoms with Crippen LogP contribution in [0.3, 0.4) is 0 Å². The maximum atomic E-state index is 8.42. The molecule has 0 aromatic rings. The van der Waals surface area contributed by atoms with E-state index in [4.69, 9.17) is 14.6 Å². The standard InChI is InChI=1S/C10H22O3S/c11-5-7-13-9-8-12-6-3-1-2-4-10-14/h11,14H,1-10H2. The highest BCUT2D eigenvalue weighted by Gasteiger charge is 1.91. The predicted molar refractivity (Wildman–Crippen MR) is 61.0 cm³/mol. The average molecular weight is 222 g/mol. The zero-order valence-electron chi connectivity index (χ0n) is 8.78.